The number of rotatable bonds is 6. The molecule has 1 aromatic heterocycles. The third kappa shape index (κ3) is 4.64. The Labute approximate surface area is 145 Å². The van der Waals surface area contributed by atoms with Gasteiger partial charge in [0, 0.05) is 45.4 Å². The Morgan fingerprint density at radius 3 is 2.84 bits per heavy atom. The summed E-state index contributed by atoms with van der Waals surface area (Å²) in [5.41, 5.74) is -0.554. The van der Waals surface area contributed by atoms with Gasteiger partial charge in [-0.25, -0.2) is 9.37 Å². The zero-order valence-corrected chi connectivity index (χ0v) is 13.8. The highest BCUT2D eigenvalue weighted by Gasteiger charge is 2.30. The number of hydrogen-bond donors (Lipinski definition) is 2. The van der Waals surface area contributed by atoms with Gasteiger partial charge in [0.25, 0.3) is 0 Å². The number of carbonyl (C=O) groups is 1. The minimum absolute atomic E-state index is 0.184. The van der Waals surface area contributed by atoms with Gasteiger partial charge in [0.1, 0.15) is 5.82 Å². The molecule has 134 valence electrons. The van der Waals surface area contributed by atoms with E-state index in [-0.39, 0.29) is 24.7 Å². The van der Waals surface area contributed by atoms with E-state index >= 15 is 0 Å². The van der Waals surface area contributed by atoms with Gasteiger partial charge in [-0.2, -0.15) is 0 Å². The summed E-state index contributed by atoms with van der Waals surface area (Å²) in [7, 11) is 0. The molecule has 6 nitrogen and oxygen atoms in total. The molecule has 1 aliphatic heterocycles. The maximum absolute atomic E-state index is 13.7. The highest BCUT2D eigenvalue weighted by molar-refractivity contribution is 5.76. The number of oxazole rings is 1. The smallest absolute Gasteiger partial charge is 0.220 e. The number of aryl methyl sites for hydroxylation is 1. The first-order chi connectivity index (χ1) is 12.1. The highest BCUT2D eigenvalue weighted by atomic mass is 19.1. The van der Waals surface area contributed by atoms with E-state index in [1.165, 1.54) is 12.3 Å². The monoisotopic (exact) mass is 348 g/mol. The van der Waals surface area contributed by atoms with Crippen molar-refractivity contribution in [2.75, 3.05) is 19.8 Å². The van der Waals surface area contributed by atoms with E-state index in [1.54, 1.807) is 18.2 Å². The van der Waals surface area contributed by atoms with E-state index in [0.717, 1.165) is 0 Å². The summed E-state index contributed by atoms with van der Waals surface area (Å²) in [5, 5.41) is 13.0. The summed E-state index contributed by atoms with van der Waals surface area (Å²) >= 11 is 0. The van der Waals surface area contributed by atoms with Crippen LogP contribution < -0.4 is 5.32 Å². The van der Waals surface area contributed by atoms with Crippen LogP contribution in [0, 0.1) is 5.82 Å². The van der Waals surface area contributed by atoms with E-state index in [9.17, 15) is 14.3 Å². The fourth-order valence-electron chi connectivity index (χ4n) is 2.71. The zero-order chi connectivity index (χ0) is 17.7. The third-order valence-corrected chi connectivity index (χ3v) is 4.30. The molecule has 1 saturated heterocycles. The molecule has 1 aliphatic rings. The van der Waals surface area contributed by atoms with Crippen LogP contribution in [0.2, 0.25) is 0 Å². The molecule has 0 atom stereocenters. The van der Waals surface area contributed by atoms with Crippen molar-refractivity contribution in [3.05, 3.63) is 42.2 Å². The molecule has 0 bridgehead atoms. The molecule has 2 heterocycles. The largest absolute Gasteiger partial charge is 0.441 e. The second kappa shape index (κ2) is 7.76. The van der Waals surface area contributed by atoms with Crippen molar-refractivity contribution < 1.29 is 23.4 Å². The van der Waals surface area contributed by atoms with Crippen molar-refractivity contribution in [3.63, 3.8) is 0 Å². The van der Waals surface area contributed by atoms with E-state index in [4.69, 9.17) is 9.15 Å². The van der Waals surface area contributed by atoms with E-state index < -0.39 is 5.60 Å². The van der Waals surface area contributed by atoms with Gasteiger partial charge >= 0.3 is 0 Å². The maximum Gasteiger partial charge on any atom is 0.220 e. The van der Waals surface area contributed by atoms with E-state index in [1.807, 2.05) is 0 Å². The first-order valence-corrected chi connectivity index (χ1v) is 8.32. The molecule has 1 amide bonds. The van der Waals surface area contributed by atoms with E-state index in [0.29, 0.717) is 49.7 Å². The Morgan fingerprint density at radius 1 is 1.32 bits per heavy atom. The van der Waals surface area contributed by atoms with Gasteiger partial charge in [0.05, 0.1) is 17.4 Å². The van der Waals surface area contributed by atoms with Crippen LogP contribution in [0.5, 0.6) is 0 Å². The van der Waals surface area contributed by atoms with Crippen LogP contribution >= 0.6 is 0 Å². The summed E-state index contributed by atoms with van der Waals surface area (Å²) in [5.74, 6) is 0.140. The van der Waals surface area contributed by atoms with Gasteiger partial charge in [-0.1, -0.05) is 12.1 Å². The molecule has 3 rings (SSSR count). The number of halogens is 1. The minimum atomic E-state index is -0.894. The number of nitrogens with zero attached hydrogens (tertiary/aromatic N) is 1. The molecule has 7 heteroatoms. The van der Waals surface area contributed by atoms with Gasteiger partial charge in [-0.05, 0) is 12.1 Å². The van der Waals surface area contributed by atoms with Crippen LogP contribution in [-0.2, 0) is 16.0 Å². The fraction of sp³-hybridized carbons (Fsp3) is 0.444. The molecular weight excluding hydrogens is 327 g/mol. The predicted octanol–water partition coefficient (Wildman–Crippen LogP) is 2.07. The Balaban J connectivity index is 1.49. The molecule has 0 unspecified atom stereocenters. The number of aliphatic hydroxyl groups is 1. The molecule has 2 N–H and O–H groups in total. The molecule has 25 heavy (non-hydrogen) atoms. The average molecular weight is 348 g/mol. The standard InChI is InChI=1S/C18H21FN2O4/c19-14-4-2-1-3-13(14)15-11-20-17(25-15)6-5-16(22)21-12-18(23)7-9-24-10-8-18/h1-4,11,23H,5-10,12H2,(H,21,22). The number of benzene rings is 1. The van der Waals surface area contributed by atoms with Crippen LogP contribution in [0.25, 0.3) is 11.3 Å². The highest BCUT2D eigenvalue weighted by Crippen LogP contribution is 2.23. The SMILES string of the molecule is O=C(CCc1ncc(-c2ccccc2F)o1)NCC1(O)CCOCC1. The van der Waals surface area contributed by atoms with Crippen LogP contribution in [0.15, 0.2) is 34.9 Å². The van der Waals surface area contributed by atoms with Gasteiger partial charge in [-0.3, -0.25) is 4.79 Å². The van der Waals surface area contributed by atoms with Crippen LogP contribution in [0.3, 0.4) is 0 Å². The lowest BCUT2D eigenvalue weighted by atomic mass is 9.94. The third-order valence-electron chi connectivity index (χ3n) is 4.30. The van der Waals surface area contributed by atoms with E-state index in [2.05, 4.69) is 10.3 Å². The summed E-state index contributed by atoms with van der Waals surface area (Å²) in [4.78, 5) is 16.0. The normalized spacial score (nSPS) is 16.6. The first-order valence-electron chi connectivity index (χ1n) is 8.32. The lowest BCUT2D eigenvalue weighted by Crippen LogP contribution is -2.46. The summed E-state index contributed by atoms with van der Waals surface area (Å²) < 4.78 is 24.4. The Hall–Kier alpha value is -2.25. The summed E-state index contributed by atoms with van der Waals surface area (Å²) in [6.45, 7) is 1.21. The second-order valence-corrected chi connectivity index (χ2v) is 6.21. The van der Waals surface area contributed by atoms with Crippen molar-refractivity contribution in [3.8, 4) is 11.3 Å². The molecule has 0 spiro atoms. The average Bonchev–Trinajstić information content (AvgIpc) is 3.08. The maximum atomic E-state index is 13.7. The molecule has 1 aromatic carbocycles. The lowest BCUT2D eigenvalue weighted by Gasteiger charge is -2.32. The number of amides is 1. The predicted molar refractivity (Wildman–Crippen MR) is 88.2 cm³/mol. The number of nitrogens with one attached hydrogen (secondary N) is 1. The van der Waals surface area contributed by atoms with Gasteiger partial charge in [0.2, 0.25) is 5.91 Å². The lowest BCUT2D eigenvalue weighted by molar-refractivity contribution is -0.124. The van der Waals surface area contributed by atoms with Crippen LogP contribution in [-0.4, -0.2) is 41.4 Å². The van der Waals surface area contributed by atoms with Crippen molar-refractivity contribution in [2.45, 2.75) is 31.3 Å². The van der Waals surface area contributed by atoms with Crippen LogP contribution in [0.4, 0.5) is 4.39 Å². The number of ether oxygens (including phenoxy) is 1. The van der Waals surface area contributed by atoms with Gasteiger partial charge in [-0.15, -0.1) is 0 Å². The van der Waals surface area contributed by atoms with Gasteiger partial charge < -0.3 is 19.6 Å². The zero-order valence-electron chi connectivity index (χ0n) is 13.8. The number of aromatic nitrogens is 1. The summed E-state index contributed by atoms with van der Waals surface area (Å²) in [6.07, 6.45) is 2.97. The van der Waals surface area contributed by atoms with Crippen molar-refractivity contribution >= 4 is 5.91 Å². The Morgan fingerprint density at radius 2 is 2.08 bits per heavy atom. The van der Waals surface area contributed by atoms with Crippen molar-refractivity contribution in [1.29, 1.82) is 0 Å². The van der Waals surface area contributed by atoms with Crippen molar-refractivity contribution in [2.24, 2.45) is 0 Å². The first kappa shape index (κ1) is 17.6. The van der Waals surface area contributed by atoms with Crippen molar-refractivity contribution in [1.82, 2.24) is 10.3 Å². The topological polar surface area (TPSA) is 84.6 Å². The molecule has 0 aliphatic carbocycles. The minimum Gasteiger partial charge on any atom is -0.441 e. The van der Waals surface area contributed by atoms with Crippen LogP contribution in [0.1, 0.15) is 25.2 Å². The number of hydrogen-bond acceptors (Lipinski definition) is 5. The van der Waals surface area contributed by atoms with Gasteiger partial charge in [0.15, 0.2) is 11.7 Å². The Kier molecular flexibility index (Phi) is 5.45. The Bertz CT molecular complexity index is 725. The molecule has 0 saturated carbocycles. The molecule has 0 radical (unpaired) electrons. The quantitative estimate of drug-likeness (QED) is 0.835. The summed E-state index contributed by atoms with van der Waals surface area (Å²) in [6, 6.07) is 6.29. The molecule has 2 aromatic rings. The molecular formula is C18H21FN2O4. The second-order valence-electron chi connectivity index (χ2n) is 6.21. The fourth-order valence-corrected chi connectivity index (χ4v) is 2.71. The number of carbonyl (C=O) groups excluding carboxylic acids is 1. The molecule has 1 fully saturated rings.